The first kappa shape index (κ1) is 24.1. The molecule has 2 aromatic carbocycles. The van der Waals surface area contributed by atoms with Gasteiger partial charge in [0.25, 0.3) is 0 Å². The first-order chi connectivity index (χ1) is 15.3. The molecular formula is C24H30F3N4S+. The molecule has 1 heterocycles. The van der Waals surface area contributed by atoms with Crippen molar-refractivity contribution in [1.29, 1.82) is 0 Å². The summed E-state index contributed by atoms with van der Waals surface area (Å²) < 4.78 is 39.3. The molecule has 3 N–H and O–H groups in total. The van der Waals surface area contributed by atoms with Crippen molar-refractivity contribution in [2.75, 3.05) is 31.5 Å². The van der Waals surface area contributed by atoms with Gasteiger partial charge in [0.2, 0.25) is 0 Å². The lowest BCUT2D eigenvalue weighted by Crippen LogP contribution is -3.11. The van der Waals surface area contributed by atoms with Crippen molar-refractivity contribution in [3.63, 3.8) is 0 Å². The third kappa shape index (κ3) is 6.23. The molecule has 0 amide bonds. The summed E-state index contributed by atoms with van der Waals surface area (Å²) in [5.41, 5.74) is 1.79. The van der Waals surface area contributed by atoms with Gasteiger partial charge in [0, 0.05) is 42.3 Å². The Morgan fingerprint density at radius 2 is 1.84 bits per heavy atom. The van der Waals surface area contributed by atoms with E-state index in [1.54, 1.807) is 6.07 Å². The maximum absolute atomic E-state index is 13.1. The van der Waals surface area contributed by atoms with Crippen molar-refractivity contribution in [3.05, 3.63) is 65.9 Å². The molecule has 3 aromatic rings. The van der Waals surface area contributed by atoms with E-state index in [1.807, 2.05) is 29.3 Å². The Hall–Kier alpha value is -2.58. The van der Waals surface area contributed by atoms with E-state index in [1.165, 1.54) is 11.0 Å². The van der Waals surface area contributed by atoms with Gasteiger partial charge in [0.05, 0.1) is 25.2 Å². The number of rotatable bonds is 9. The Balaban J connectivity index is 1.77. The maximum atomic E-state index is 13.1. The van der Waals surface area contributed by atoms with E-state index in [-0.39, 0.29) is 0 Å². The normalized spacial score (nSPS) is 11.8. The monoisotopic (exact) mass is 463 g/mol. The van der Waals surface area contributed by atoms with E-state index < -0.39 is 11.7 Å². The fourth-order valence-electron chi connectivity index (χ4n) is 3.82. The van der Waals surface area contributed by atoms with Crippen LogP contribution in [0.2, 0.25) is 0 Å². The molecule has 0 saturated carbocycles. The summed E-state index contributed by atoms with van der Waals surface area (Å²) in [5.74, 6) is 0. The predicted octanol–water partition coefficient (Wildman–Crippen LogP) is 4.70. The lowest BCUT2D eigenvalue weighted by Gasteiger charge is -2.27. The molecule has 0 aliphatic carbocycles. The van der Waals surface area contributed by atoms with E-state index in [0.717, 1.165) is 54.7 Å². The first-order valence-corrected chi connectivity index (χ1v) is 11.3. The molecule has 0 bridgehead atoms. The van der Waals surface area contributed by atoms with Crippen molar-refractivity contribution in [3.8, 4) is 0 Å². The van der Waals surface area contributed by atoms with Gasteiger partial charge in [-0.15, -0.1) is 0 Å². The number of hydrogen-bond acceptors (Lipinski definition) is 1. The maximum Gasteiger partial charge on any atom is 0.416 e. The second-order valence-corrected chi connectivity index (χ2v) is 8.24. The van der Waals surface area contributed by atoms with Gasteiger partial charge in [-0.05, 0) is 55.9 Å². The van der Waals surface area contributed by atoms with Crippen LogP contribution in [0.25, 0.3) is 10.9 Å². The van der Waals surface area contributed by atoms with Crippen LogP contribution in [-0.2, 0) is 12.7 Å². The lowest BCUT2D eigenvalue weighted by atomic mass is 10.1. The second kappa shape index (κ2) is 10.8. The Bertz CT molecular complexity index is 1030. The van der Waals surface area contributed by atoms with Crippen LogP contribution in [-0.4, -0.2) is 41.2 Å². The number of anilines is 1. The highest BCUT2D eigenvalue weighted by atomic mass is 32.1. The zero-order valence-electron chi connectivity index (χ0n) is 18.4. The van der Waals surface area contributed by atoms with Gasteiger partial charge in [0.1, 0.15) is 0 Å². The number of nitrogens with one attached hydrogen (secondary N) is 3. The number of fused-ring (bicyclic) bond motifs is 1. The molecule has 0 radical (unpaired) electrons. The SMILES string of the molecule is CC[NH+](CC)CCCN(Cc1c[nH]c2ccccc12)C(=S)Nc1cccc(C(F)(F)F)c1. The number of hydrogen-bond donors (Lipinski definition) is 3. The van der Waals surface area contributed by atoms with Gasteiger partial charge in [-0.3, -0.25) is 0 Å². The van der Waals surface area contributed by atoms with Gasteiger partial charge < -0.3 is 20.1 Å². The number of halogens is 3. The Kier molecular flexibility index (Phi) is 8.15. The van der Waals surface area contributed by atoms with E-state index in [4.69, 9.17) is 12.2 Å². The second-order valence-electron chi connectivity index (χ2n) is 7.85. The van der Waals surface area contributed by atoms with Gasteiger partial charge in [-0.1, -0.05) is 24.3 Å². The third-order valence-corrected chi connectivity index (χ3v) is 6.08. The largest absolute Gasteiger partial charge is 0.416 e. The minimum Gasteiger partial charge on any atom is -0.361 e. The molecule has 0 aliphatic heterocycles. The van der Waals surface area contributed by atoms with Crippen molar-refractivity contribution < 1.29 is 18.1 Å². The Morgan fingerprint density at radius 3 is 2.56 bits per heavy atom. The molecule has 0 aliphatic rings. The highest BCUT2D eigenvalue weighted by Crippen LogP contribution is 2.30. The number of quaternary nitrogens is 1. The van der Waals surface area contributed by atoms with Crippen molar-refractivity contribution in [2.45, 2.75) is 33.0 Å². The number of benzene rings is 2. The standard InChI is InChI=1S/C24H29F3N4S/c1-3-30(4-2)13-8-14-31(17-18-16-28-22-12-6-5-11-21(18)22)23(32)29-20-10-7-9-19(15-20)24(25,26)27/h5-7,9-12,15-16,28H,3-4,8,13-14,17H2,1-2H3,(H,29,32)/p+1. The molecule has 0 fully saturated rings. The van der Waals surface area contributed by atoms with Gasteiger partial charge >= 0.3 is 6.18 Å². The Morgan fingerprint density at radius 1 is 1.09 bits per heavy atom. The minimum absolute atomic E-state index is 0.336. The minimum atomic E-state index is -4.39. The fraction of sp³-hybridized carbons (Fsp3) is 0.375. The summed E-state index contributed by atoms with van der Waals surface area (Å²) >= 11 is 5.64. The molecule has 172 valence electrons. The van der Waals surface area contributed by atoms with E-state index in [9.17, 15) is 13.2 Å². The number of H-pyrrole nitrogens is 1. The van der Waals surface area contributed by atoms with Crippen LogP contribution in [0, 0.1) is 0 Å². The van der Waals surface area contributed by atoms with E-state index >= 15 is 0 Å². The van der Waals surface area contributed by atoms with Crippen LogP contribution in [0.4, 0.5) is 18.9 Å². The molecule has 4 nitrogen and oxygen atoms in total. The van der Waals surface area contributed by atoms with Crippen LogP contribution in [0.1, 0.15) is 31.4 Å². The number of aromatic nitrogens is 1. The third-order valence-electron chi connectivity index (χ3n) is 5.72. The number of para-hydroxylation sites is 1. The number of thiocarbonyl (C=S) groups is 1. The van der Waals surface area contributed by atoms with E-state index in [0.29, 0.717) is 23.9 Å². The quantitative estimate of drug-likeness (QED) is 0.403. The lowest BCUT2D eigenvalue weighted by molar-refractivity contribution is -0.896. The molecule has 1 aromatic heterocycles. The fourth-order valence-corrected chi connectivity index (χ4v) is 4.09. The average molecular weight is 464 g/mol. The van der Waals surface area contributed by atoms with Crippen LogP contribution >= 0.6 is 12.2 Å². The summed E-state index contributed by atoms with van der Waals surface area (Å²) in [6, 6.07) is 13.2. The van der Waals surface area contributed by atoms with Crippen LogP contribution in [0.3, 0.4) is 0 Å². The van der Waals surface area contributed by atoms with Gasteiger partial charge in [-0.25, -0.2) is 0 Å². The molecular weight excluding hydrogens is 433 g/mol. The van der Waals surface area contributed by atoms with Gasteiger partial charge in [-0.2, -0.15) is 13.2 Å². The van der Waals surface area contributed by atoms with Gasteiger partial charge in [0.15, 0.2) is 5.11 Å². The number of nitrogens with zero attached hydrogens (tertiary/aromatic N) is 1. The summed E-state index contributed by atoms with van der Waals surface area (Å²) in [6.45, 7) is 8.77. The molecule has 0 unspecified atom stereocenters. The van der Waals surface area contributed by atoms with Crippen LogP contribution < -0.4 is 10.2 Å². The Labute approximate surface area is 192 Å². The molecule has 0 spiro atoms. The summed E-state index contributed by atoms with van der Waals surface area (Å²) in [7, 11) is 0. The van der Waals surface area contributed by atoms with Crippen LogP contribution in [0.5, 0.6) is 0 Å². The number of alkyl halides is 3. The predicted molar refractivity (Wildman–Crippen MR) is 128 cm³/mol. The van der Waals surface area contributed by atoms with Crippen molar-refractivity contribution in [1.82, 2.24) is 9.88 Å². The topological polar surface area (TPSA) is 35.5 Å². The highest BCUT2D eigenvalue weighted by molar-refractivity contribution is 7.80. The van der Waals surface area contributed by atoms with E-state index in [2.05, 4.69) is 30.2 Å². The molecule has 0 atom stereocenters. The molecule has 8 heteroatoms. The first-order valence-electron chi connectivity index (χ1n) is 10.9. The highest BCUT2D eigenvalue weighted by Gasteiger charge is 2.30. The summed E-state index contributed by atoms with van der Waals surface area (Å²) in [4.78, 5) is 6.82. The van der Waals surface area contributed by atoms with Crippen molar-refractivity contribution >= 4 is 33.9 Å². The molecule has 32 heavy (non-hydrogen) atoms. The summed E-state index contributed by atoms with van der Waals surface area (Å²) in [6.07, 6.45) is -1.49. The average Bonchev–Trinajstić information content (AvgIpc) is 3.18. The summed E-state index contributed by atoms with van der Waals surface area (Å²) in [5, 5.41) is 4.56. The van der Waals surface area contributed by atoms with Crippen LogP contribution in [0.15, 0.2) is 54.7 Å². The van der Waals surface area contributed by atoms with Crippen molar-refractivity contribution in [2.24, 2.45) is 0 Å². The molecule has 0 saturated heterocycles. The molecule has 3 rings (SSSR count). The number of aromatic amines is 1. The zero-order valence-corrected chi connectivity index (χ0v) is 19.2. The smallest absolute Gasteiger partial charge is 0.361 e. The zero-order chi connectivity index (χ0) is 23.1.